The van der Waals surface area contributed by atoms with E-state index in [1.807, 2.05) is 0 Å². The Bertz CT molecular complexity index is 242. The predicted molar refractivity (Wildman–Crippen MR) is 40.8 cm³/mol. The van der Waals surface area contributed by atoms with Crippen molar-refractivity contribution >= 4 is 0 Å². The Morgan fingerprint density at radius 2 is 2.17 bits per heavy atom. The molecule has 0 aliphatic carbocycles. The summed E-state index contributed by atoms with van der Waals surface area (Å²) in [5, 5.41) is 3.62. The second-order valence-corrected chi connectivity index (χ2v) is 2.73. The van der Waals surface area contributed by atoms with Crippen molar-refractivity contribution < 1.29 is 8.78 Å². The van der Waals surface area contributed by atoms with Crippen molar-refractivity contribution in [1.82, 2.24) is 9.78 Å². The number of aromatic nitrogens is 2. The normalized spacial score (nSPS) is 13.8. The van der Waals surface area contributed by atoms with Crippen LogP contribution in [0.2, 0.25) is 0 Å². The van der Waals surface area contributed by atoms with Gasteiger partial charge in [0, 0.05) is 24.8 Å². The van der Waals surface area contributed by atoms with Crippen LogP contribution in [0, 0.1) is 0 Å². The van der Waals surface area contributed by atoms with E-state index in [1.54, 1.807) is 14.0 Å². The Morgan fingerprint density at radius 1 is 1.58 bits per heavy atom. The molecule has 1 aromatic rings. The van der Waals surface area contributed by atoms with E-state index in [-0.39, 0.29) is 5.69 Å². The summed E-state index contributed by atoms with van der Waals surface area (Å²) in [5.41, 5.74) is 5.67. The largest absolute Gasteiger partial charge is 0.324 e. The highest BCUT2D eigenvalue weighted by Crippen LogP contribution is 2.24. The number of nitrogens with two attached hydrogens (primary N) is 1. The topological polar surface area (TPSA) is 43.8 Å². The van der Waals surface area contributed by atoms with Crippen molar-refractivity contribution in [1.29, 1.82) is 0 Å². The third-order valence-electron chi connectivity index (χ3n) is 1.58. The molecule has 0 radical (unpaired) electrons. The van der Waals surface area contributed by atoms with Gasteiger partial charge in [-0.05, 0) is 6.92 Å². The van der Waals surface area contributed by atoms with Gasteiger partial charge < -0.3 is 5.73 Å². The molecular weight excluding hydrogens is 164 g/mol. The summed E-state index contributed by atoms with van der Waals surface area (Å²) < 4.78 is 25.9. The summed E-state index contributed by atoms with van der Waals surface area (Å²) in [6.45, 7) is 1.66. The molecule has 0 aliphatic heterocycles. The predicted octanol–water partition coefficient (Wildman–Crippen LogP) is 1.38. The Labute approximate surface area is 69.2 Å². The lowest BCUT2D eigenvalue weighted by Gasteiger charge is -2.03. The van der Waals surface area contributed by atoms with Crippen LogP contribution in [0.4, 0.5) is 8.78 Å². The standard InChI is InChI=1S/C7H11F2N3/c1-4(10)5-3-12(2)11-6(5)7(8)9/h3-4,7H,10H2,1-2H3. The van der Waals surface area contributed by atoms with Gasteiger partial charge in [-0.15, -0.1) is 0 Å². The first-order valence-corrected chi connectivity index (χ1v) is 3.59. The van der Waals surface area contributed by atoms with E-state index in [9.17, 15) is 8.78 Å². The summed E-state index contributed by atoms with van der Waals surface area (Å²) in [4.78, 5) is 0. The van der Waals surface area contributed by atoms with E-state index in [0.717, 1.165) is 0 Å². The molecule has 0 aromatic carbocycles. The number of alkyl halides is 2. The molecule has 1 heterocycles. The molecule has 12 heavy (non-hydrogen) atoms. The van der Waals surface area contributed by atoms with Gasteiger partial charge in [0.25, 0.3) is 6.43 Å². The first-order valence-electron chi connectivity index (χ1n) is 3.59. The molecule has 1 unspecified atom stereocenters. The SMILES string of the molecule is CC(N)c1cn(C)nc1C(F)F. The van der Waals surface area contributed by atoms with E-state index in [0.29, 0.717) is 5.56 Å². The smallest absolute Gasteiger partial charge is 0.282 e. The number of aryl methyl sites for hydroxylation is 1. The lowest BCUT2D eigenvalue weighted by Crippen LogP contribution is -2.06. The summed E-state index contributed by atoms with van der Waals surface area (Å²) in [5.74, 6) is 0. The van der Waals surface area contributed by atoms with Gasteiger partial charge in [0.05, 0.1) is 0 Å². The molecule has 0 aliphatic rings. The van der Waals surface area contributed by atoms with Gasteiger partial charge in [0.2, 0.25) is 0 Å². The summed E-state index contributed by atoms with van der Waals surface area (Å²) in [6, 6.07) is -0.400. The monoisotopic (exact) mass is 175 g/mol. The van der Waals surface area contributed by atoms with Crippen molar-refractivity contribution in [3.8, 4) is 0 Å². The van der Waals surface area contributed by atoms with Gasteiger partial charge in [-0.3, -0.25) is 4.68 Å². The first kappa shape index (κ1) is 9.12. The van der Waals surface area contributed by atoms with Crippen LogP contribution in [-0.2, 0) is 7.05 Å². The highest BCUT2D eigenvalue weighted by molar-refractivity contribution is 5.21. The minimum absolute atomic E-state index is 0.215. The number of rotatable bonds is 2. The summed E-state index contributed by atoms with van der Waals surface area (Å²) in [7, 11) is 1.60. The molecular formula is C7H11F2N3. The molecule has 3 nitrogen and oxygen atoms in total. The van der Waals surface area contributed by atoms with Crippen molar-refractivity contribution in [2.75, 3.05) is 0 Å². The van der Waals surface area contributed by atoms with E-state index in [2.05, 4.69) is 5.10 Å². The summed E-state index contributed by atoms with van der Waals surface area (Å²) >= 11 is 0. The average molecular weight is 175 g/mol. The van der Waals surface area contributed by atoms with Crippen LogP contribution in [0.5, 0.6) is 0 Å². The molecule has 0 bridgehead atoms. The molecule has 68 valence electrons. The maximum atomic E-state index is 12.3. The van der Waals surface area contributed by atoms with E-state index >= 15 is 0 Å². The number of halogens is 2. The zero-order valence-electron chi connectivity index (χ0n) is 6.96. The maximum absolute atomic E-state index is 12.3. The average Bonchev–Trinajstić information content (AvgIpc) is 2.31. The minimum atomic E-state index is -2.55. The van der Waals surface area contributed by atoms with Gasteiger partial charge in [0.1, 0.15) is 5.69 Å². The van der Waals surface area contributed by atoms with Gasteiger partial charge >= 0.3 is 0 Å². The van der Waals surface area contributed by atoms with Crippen molar-refractivity contribution in [2.24, 2.45) is 12.8 Å². The second kappa shape index (κ2) is 3.18. The Morgan fingerprint density at radius 3 is 2.50 bits per heavy atom. The summed E-state index contributed by atoms with van der Waals surface area (Å²) in [6.07, 6.45) is -1.03. The van der Waals surface area contributed by atoms with Crippen LogP contribution >= 0.6 is 0 Å². The van der Waals surface area contributed by atoms with Crippen LogP contribution in [-0.4, -0.2) is 9.78 Å². The fourth-order valence-electron chi connectivity index (χ4n) is 1.04. The third-order valence-corrected chi connectivity index (χ3v) is 1.58. The quantitative estimate of drug-likeness (QED) is 0.737. The second-order valence-electron chi connectivity index (χ2n) is 2.73. The molecule has 0 saturated heterocycles. The van der Waals surface area contributed by atoms with Crippen molar-refractivity contribution in [3.05, 3.63) is 17.5 Å². The first-order chi connectivity index (χ1) is 5.52. The lowest BCUT2D eigenvalue weighted by atomic mass is 10.1. The van der Waals surface area contributed by atoms with Gasteiger partial charge in [-0.2, -0.15) is 5.10 Å². The van der Waals surface area contributed by atoms with Gasteiger partial charge in [-0.25, -0.2) is 8.78 Å². The highest BCUT2D eigenvalue weighted by atomic mass is 19.3. The molecule has 1 atom stereocenters. The van der Waals surface area contributed by atoms with E-state index < -0.39 is 12.5 Å². The van der Waals surface area contributed by atoms with Crippen LogP contribution in [0.1, 0.15) is 30.6 Å². The van der Waals surface area contributed by atoms with Gasteiger partial charge in [0.15, 0.2) is 0 Å². The lowest BCUT2D eigenvalue weighted by molar-refractivity contribution is 0.143. The molecule has 1 rings (SSSR count). The molecule has 0 amide bonds. The number of nitrogens with zero attached hydrogens (tertiary/aromatic N) is 2. The van der Waals surface area contributed by atoms with Crippen LogP contribution in [0.25, 0.3) is 0 Å². The Balaban J connectivity index is 3.08. The van der Waals surface area contributed by atoms with Crippen molar-refractivity contribution in [2.45, 2.75) is 19.4 Å². The fraction of sp³-hybridized carbons (Fsp3) is 0.571. The Hall–Kier alpha value is -0.970. The fourth-order valence-corrected chi connectivity index (χ4v) is 1.04. The zero-order chi connectivity index (χ0) is 9.30. The van der Waals surface area contributed by atoms with Crippen molar-refractivity contribution in [3.63, 3.8) is 0 Å². The van der Waals surface area contributed by atoms with Crippen LogP contribution in [0.15, 0.2) is 6.20 Å². The molecule has 0 fully saturated rings. The molecule has 1 aromatic heterocycles. The molecule has 0 spiro atoms. The number of hydrogen-bond donors (Lipinski definition) is 1. The van der Waals surface area contributed by atoms with Crippen LogP contribution < -0.4 is 5.73 Å². The van der Waals surface area contributed by atoms with Crippen LogP contribution in [0.3, 0.4) is 0 Å². The molecule has 0 saturated carbocycles. The highest BCUT2D eigenvalue weighted by Gasteiger charge is 2.19. The third kappa shape index (κ3) is 1.61. The molecule has 2 N–H and O–H groups in total. The zero-order valence-corrected chi connectivity index (χ0v) is 6.96. The minimum Gasteiger partial charge on any atom is -0.324 e. The Kier molecular flexibility index (Phi) is 2.42. The van der Waals surface area contributed by atoms with E-state index in [1.165, 1.54) is 10.9 Å². The number of hydrogen-bond acceptors (Lipinski definition) is 2. The van der Waals surface area contributed by atoms with E-state index in [4.69, 9.17) is 5.73 Å². The van der Waals surface area contributed by atoms with Gasteiger partial charge in [-0.1, -0.05) is 0 Å². The molecule has 5 heteroatoms. The maximum Gasteiger partial charge on any atom is 0.282 e.